The van der Waals surface area contributed by atoms with Gasteiger partial charge in [-0.1, -0.05) is 79.2 Å². The summed E-state index contributed by atoms with van der Waals surface area (Å²) in [6.07, 6.45) is 0.826. The molecule has 46 heavy (non-hydrogen) atoms. The Bertz CT molecular complexity index is 1720. The molecule has 0 bridgehead atoms. The van der Waals surface area contributed by atoms with Crippen LogP contribution >= 0.6 is 11.6 Å². The Morgan fingerprint density at radius 2 is 1.54 bits per heavy atom. The highest BCUT2D eigenvalue weighted by Gasteiger charge is 2.35. The minimum atomic E-state index is -4.29. The molecule has 0 spiro atoms. The number of hydrogen-bond acceptors (Lipinski definition) is 5. The first-order valence-corrected chi connectivity index (χ1v) is 16.6. The van der Waals surface area contributed by atoms with Crippen LogP contribution in [0.2, 0.25) is 5.02 Å². The van der Waals surface area contributed by atoms with Crippen molar-refractivity contribution in [3.05, 3.63) is 125 Å². The molecule has 0 saturated carbocycles. The molecule has 4 aromatic rings. The van der Waals surface area contributed by atoms with E-state index < -0.39 is 40.2 Å². The summed E-state index contributed by atoms with van der Waals surface area (Å²) in [7, 11) is -2.85. The quantitative estimate of drug-likeness (QED) is 0.172. The van der Waals surface area contributed by atoms with Crippen molar-refractivity contribution in [1.29, 1.82) is 0 Å². The maximum absolute atomic E-state index is 14.5. The SMILES string of the molecule is CC[C@H](C)NC(=O)[C@H](Cc1ccccc1)N(Cc1ccc(F)cc1)C(=O)CN(c1ccc(OC)c(Cl)c1)S(=O)(=O)c1ccccc1. The van der Waals surface area contributed by atoms with Crippen molar-refractivity contribution in [2.75, 3.05) is 18.0 Å². The standard InChI is InChI=1S/C35H37ClFN3O5S/c1-4-25(2)38-35(42)32(21-26-11-7-5-8-12-26)39(23-27-15-17-28(37)18-16-27)34(41)24-40(29-19-20-33(45-3)31(36)22-29)46(43,44)30-13-9-6-10-14-30/h5-20,22,25,32H,4,21,23-24H2,1-3H3,(H,38,42)/t25-,32-/m0/s1. The average molecular weight is 666 g/mol. The van der Waals surface area contributed by atoms with Crippen LogP contribution in [0.5, 0.6) is 5.75 Å². The van der Waals surface area contributed by atoms with Gasteiger partial charge >= 0.3 is 0 Å². The summed E-state index contributed by atoms with van der Waals surface area (Å²) >= 11 is 6.41. The van der Waals surface area contributed by atoms with Gasteiger partial charge in [0.15, 0.2) is 0 Å². The number of amides is 2. The predicted octanol–water partition coefficient (Wildman–Crippen LogP) is 6.24. The summed E-state index contributed by atoms with van der Waals surface area (Å²) in [6.45, 7) is 3.08. The minimum absolute atomic E-state index is 0.0322. The van der Waals surface area contributed by atoms with Crippen LogP contribution in [0.25, 0.3) is 0 Å². The molecule has 4 aromatic carbocycles. The Morgan fingerprint density at radius 1 is 0.913 bits per heavy atom. The van der Waals surface area contributed by atoms with E-state index in [0.29, 0.717) is 17.7 Å². The zero-order valence-electron chi connectivity index (χ0n) is 25.9. The van der Waals surface area contributed by atoms with E-state index in [4.69, 9.17) is 16.3 Å². The molecular formula is C35H37ClFN3O5S. The number of carbonyl (C=O) groups is 2. The topological polar surface area (TPSA) is 96.0 Å². The number of methoxy groups -OCH3 is 1. The normalized spacial score (nSPS) is 12.5. The molecule has 0 fully saturated rings. The maximum Gasteiger partial charge on any atom is 0.264 e. The fourth-order valence-electron chi connectivity index (χ4n) is 4.84. The summed E-state index contributed by atoms with van der Waals surface area (Å²) in [4.78, 5) is 29.7. The molecule has 1 N–H and O–H groups in total. The second-order valence-electron chi connectivity index (χ2n) is 10.8. The molecule has 2 amide bonds. The summed E-state index contributed by atoms with van der Waals surface area (Å²) in [6, 6.07) is 25.8. The minimum Gasteiger partial charge on any atom is -0.495 e. The molecule has 0 heterocycles. The molecule has 0 radical (unpaired) electrons. The predicted molar refractivity (Wildman–Crippen MR) is 178 cm³/mol. The number of sulfonamides is 1. The largest absolute Gasteiger partial charge is 0.495 e. The maximum atomic E-state index is 14.5. The van der Waals surface area contributed by atoms with Gasteiger partial charge in [0, 0.05) is 19.0 Å². The molecule has 4 rings (SSSR count). The van der Waals surface area contributed by atoms with E-state index in [0.717, 1.165) is 9.87 Å². The summed E-state index contributed by atoms with van der Waals surface area (Å²) < 4.78 is 48.2. The number of nitrogens with zero attached hydrogens (tertiary/aromatic N) is 2. The van der Waals surface area contributed by atoms with Gasteiger partial charge in [-0.2, -0.15) is 0 Å². The molecule has 242 valence electrons. The van der Waals surface area contributed by atoms with Crippen molar-refractivity contribution in [3.63, 3.8) is 0 Å². The highest BCUT2D eigenvalue weighted by atomic mass is 35.5. The van der Waals surface area contributed by atoms with Gasteiger partial charge in [-0.3, -0.25) is 13.9 Å². The van der Waals surface area contributed by atoms with Gasteiger partial charge in [-0.15, -0.1) is 0 Å². The summed E-state index contributed by atoms with van der Waals surface area (Å²) in [5, 5.41) is 3.14. The van der Waals surface area contributed by atoms with E-state index in [9.17, 15) is 22.4 Å². The van der Waals surface area contributed by atoms with Crippen molar-refractivity contribution in [1.82, 2.24) is 10.2 Å². The van der Waals surface area contributed by atoms with Crippen molar-refractivity contribution < 1.29 is 27.1 Å². The molecule has 8 nitrogen and oxygen atoms in total. The molecular weight excluding hydrogens is 629 g/mol. The number of hydrogen-bond donors (Lipinski definition) is 1. The molecule has 0 aliphatic rings. The first-order chi connectivity index (χ1) is 22.0. The van der Waals surface area contributed by atoms with Gasteiger partial charge in [0.1, 0.15) is 24.2 Å². The smallest absolute Gasteiger partial charge is 0.264 e. The van der Waals surface area contributed by atoms with Crippen LogP contribution in [-0.2, 0) is 32.6 Å². The van der Waals surface area contributed by atoms with Crippen LogP contribution in [-0.4, -0.2) is 50.9 Å². The molecule has 2 atom stereocenters. The Balaban J connectivity index is 1.82. The zero-order valence-corrected chi connectivity index (χ0v) is 27.5. The molecule has 0 aliphatic carbocycles. The Labute approximate surface area is 274 Å². The van der Waals surface area contributed by atoms with Crippen molar-refractivity contribution in [3.8, 4) is 5.75 Å². The van der Waals surface area contributed by atoms with Gasteiger partial charge in [0.2, 0.25) is 11.8 Å². The van der Waals surface area contributed by atoms with Crippen LogP contribution in [0, 0.1) is 5.82 Å². The molecule has 11 heteroatoms. The molecule has 0 aliphatic heterocycles. The van der Waals surface area contributed by atoms with Gasteiger partial charge < -0.3 is 15.0 Å². The van der Waals surface area contributed by atoms with E-state index in [1.165, 1.54) is 66.6 Å². The third-order valence-electron chi connectivity index (χ3n) is 7.57. The second-order valence-corrected chi connectivity index (χ2v) is 13.1. The van der Waals surface area contributed by atoms with Gasteiger partial charge in [0.25, 0.3) is 10.0 Å². The van der Waals surface area contributed by atoms with Crippen molar-refractivity contribution in [2.45, 2.75) is 50.2 Å². The summed E-state index contributed by atoms with van der Waals surface area (Å²) in [5.41, 5.74) is 1.50. The number of halogens is 2. The number of rotatable bonds is 14. The Kier molecular flexibility index (Phi) is 11.8. The van der Waals surface area contributed by atoms with E-state index >= 15 is 0 Å². The number of anilines is 1. The third kappa shape index (κ3) is 8.64. The van der Waals surface area contributed by atoms with Gasteiger partial charge in [0.05, 0.1) is 22.7 Å². The molecule has 0 aromatic heterocycles. The number of benzene rings is 4. The average Bonchev–Trinajstić information content (AvgIpc) is 3.06. The van der Waals surface area contributed by atoms with Crippen LogP contribution in [0.1, 0.15) is 31.4 Å². The number of carbonyl (C=O) groups excluding carboxylic acids is 2. The highest BCUT2D eigenvalue weighted by Crippen LogP contribution is 2.32. The van der Waals surface area contributed by atoms with Crippen LogP contribution in [0.4, 0.5) is 10.1 Å². The first-order valence-electron chi connectivity index (χ1n) is 14.8. The van der Waals surface area contributed by atoms with E-state index in [1.807, 2.05) is 44.2 Å². The Morgan fingerprint density at radius 3 is 2.13 bits per heavy atom. The van der Waals surface area contributed by atoms with E-state index in [2.05, 4.69) is 5.32 Å². The van der Waals surface area contributed by atoms with E-state index in [1.54, 1.807) is 18.2 Å². The number of ether oxygens (including phenoxy) is 1. The fraction of sp³-hybridized carbons (Fsp3) is 0.257. The van der Waals surface area contributed by atoms with Gasteiger partial charge in [-0.25, -0.2) is 12.8 Å². The van der Waals surface area contributed by atoms with Crippen LogP contribution in [0.3, 0.4) is 0 Å². The third-order valence-corrected chi connectivity index (χ3v) is 9.66. The molecule has 0 unspecified atom stereocenters. The van der Waals surface area contributed by atoms with Crippen molar-refractivity contribution >= 4 is 39.1 Å². The highest BCUT2D eigenvalue weighted by molar-refractivity contribution is 7.92. The monoisotopic (exact) mass is 665 g/mol. The summed E-state index contributed by atoms with van der Waals surface area (Å²) in [5.74, 6) is -1.15. The Hall–Kier alpha value is -4.41. The van der Waals surface area contributed by atoms with E-state index in [-0.39, 0.29) is 34.6 Å². The lowest BCUT2D eigenvalue weighted by molar-refractivity contribution is -0.140. The lowest BCUT2D eigenvalue weighted by atomic mass is 10.0. The van der Waals surface area contributed by atoms with Crippen molar-refractivity contribution in [2.24, 2.45) is 0 Å². The zero-order chi connectivity index (χ0) is 33.3. The lowest BCUT2D eigenvalue weighted by Gasteiger charge is -2.34. The lowest BCUT2D eigenvalue weighted by Crippen LogP contribution is -2.54. The second kappa shape index (κ2) is 15.7. The number of nitrogens with one attached hydrogen (secondary N) is 1. The first kappa shape index (κ1) is 34.5. The van der Waals surface area contributed by atoms with Crippen LogP contribution in [0.15, 0.2) is 108 Å². The molecule has 0 saturated heterocycles. The fourth-order valence-corrected chi connectivity index (χ4v) is 6.52. The van der Waals surface area contributed by atoms with Gasteiger partial charge in [-0.05, 0) is 66.9 Å². The van der Waals surface area contributed by atoms with Crippen LogP contribution < -0.4 is 14.4 Å².